The van der Waals surface area contributed by atoms with E-state index in [2.05, 4.69) is 6.58 Å². The third kappa shape index (κ3) is 2.32. The van der Waals surface area contributed by atoms with Crippen molar-refractivity contribution >= 4 is 0 Å². The molecular formula is C10H20O2. The van der Waals surface area contributed by atoms with E-state index in [1.165, 1.54) is 0 Å². The van der Waals surface area contributed by atoms with Gasteiger partial charge in [0.1, 0.15) is 0 Å². The molecule has 3 unspecified atom stereocenters. The summed E-state index contributed by atoms with van der Waals surface area (Å²) in [5.74, 6) is -0.0899. The van der Waals surface area contributed by atoms with Crippen molar-refractivity contribution in [1.29, 1.82) is 0 Å². The van der Waals surface area contributed by atoms with Crippen LogP contribution in [0.25, 0.3) is 0 Å². The van der Waals surface area contributed by atoms with Crippen molar-refractivity contribution in [1.82, 2.24) is 0 Å². The summed E-state index contributed by atoms with van der Waals surface area (Å²) in [5.41, 5.74) is -0.276. The molecule has 0 rings (SSSR count). The summed E-state index contributed by atoms with van der Waals surface area (Å²) in [6.45, 7) is 9.52. The van der Waals surface area contributed by atoms with Crippen LogP contribution in [-0.2, 0) is 0 Å². The molecule has 2 heteroatoms. The van der Waals surface area contributed by atoms with Crippen LogP contribution in [0.1, 0.15) is 27.2 Å². The minimum absolute atomic E-state index is 0.0184. The Kier molecular flexibility index (Phi) is 4.50. The van der Waals surface area contributed by atoms with Crippen LogP contribution < -0.4 is 0 Å². The molecule has 0 aliphatic carbocycles. The van der Waals surface area contributed by atoms with Crippen LogP contribution >= 0.6 is 0 Å². The predicted molar refractivity (Wildman–Crippen MR) is 50.9 cm³/mol. The fourth-order valence-electron chi connectivity index (χ4n) is 1.22. The van der Waals surface area contributed by atoms with Gasteiger partial charge < -0.3 is 10.2 Å². The quantitative estimate of drug-likeness (QED) is 0.618. The van der Waals surface area contributed by atoms with Gasteiger partial charge in [0.05, 0.1) is 6.10 Å². The molecule has 2 nitrogen and oxygen atoms in total. The molecule has 0 aromatic carbocycles. The Bertz CT molecular complexity index is 145. The first-order valence-electron chi connectivity index (χ1n) is 4.44. The molecule has 0 saturated carbocycles. The van der Waals surface area contributed by atoms with Crippen molar-refractivity contribution < 1.29 is 10.2 Å². The molecule has 0 radical (unpaired) electrons. The molecule has 0 bridgehead atoms. The van der Waals surface area contributed by atoms with Gasteiger partial charge in [-0.1, -0.05) is 26.8 Å². The van der Waals surface area contributed by atoms with Gasteiger partial charge in [0.2, 0.25) is 0 Å². The van der Waals surface area contributed by atoms with Crippen molar-refractivity contribution in [2.75, 3.05) is 6.61 Å². The number of rotatable bonds is 5. The summed E-state index contributed by atoms with van der Waals surface area (Å²) in [7, 11) is 0. The monoisotopic (exact) mass is 172 g/mol. The van der Waals surface area contributed by atoms with Gasteiger partial charge in [-0.05, 0) is 6.42 Å². The molecule has 12 heavy (non-hydrogen) atoms. The Hall–Kier alpha value is -0.340. The van der Waals surface area contributed by atoms with E-state index in [1.54, 1.807) is 6.08 Å². The fraction of sp³-hybridized carbons (Fsp3) is 0.800. The second kappa shape index (κ2) is 4.63. The van der Waals surface area contributed by atoms with Gasteiger partial charge in [0, 0.05) is 17.9 Å². The zero-order chi connectivity index (χ0) is 9.78. The molecule has 3 atom stereocenters. The standard InChI is InChI=1S/C10H20O2/c1-5-10(4,6-2)9(12)8(3)7-11/h5,8-9,11-12H,1,6-7H2,2-4H3. The topological polar surface area (TPSA) is 40.5 Å². The zero-order valence-corrected chi connectivity index (χ0v) is 8.25. The SMILES string of the molecule is C=CC(C)(CC)C(O)C(C)CO. The highest BCUT2D eigenvalue weighted by Gasteiger charge is 2.31. The summed E-state index contributed by atoms with van der Waals surface area (Å²) in [4.78, 5) is 0. The second-order valence-electron chi connectivity index (χ2n) is 3.67. The largest absolute Gasteiger partial charge is 0.396 e. The van der Waals surface area contributed by atoms with Gasteiger partial charge in [0.25, 0.3) is 0 Å². The Morgan fingerprint density at radius 1 is 1.58 bits per heavy atom. The molecule has 0 aliphatic rings. The summed E-state index contributed by atoms with van der Waals surface area (Å²) >= 11 is 0. The first kappa shape index (κ1) is 11.7. The van der Waals surface area contributed by atoms with Crippen molar-refractivity contribution in [3.05, 3.63) is 12.7 Å². The lowest BCUT2D eigenvalue weighted by Gasteiger charge is -2.33. The normalized spacial score (nSPS) is 21.1. The Labute approximate surface area is 74.9 Å². The summed E-state index contributed by atoms with van der Waals surface area (Å²) in [6, 6.07) is 0. The Balaban J connectivity index is 4.40. The van der Waals surface area contributed by atoms with Crippen molar-refractivity contribution in [2.45, 2.75) is 33.3 Å². The average molecular weight is 172 g/mol. The van der Waals surface area contributed by atoms with Crippen molar-refractivity contribution in [3.8, 4) is 0 Å². The highest BCUT2D eigenvalue weighted by molar-refractivity contribution is 4.97. The van der Waals surface area contributed by atoms with E-state index >= 15 is 0 Å². The van der Waals surface area contributed by atoms with E-state index in [9.17, 15) is 5.11 Å². The lowest BCUT2D eigenvalue weighted by molar-refractivity contribution is 0.00141. The number of aliphatic hydroxyl groups is 2. The first-order valence-corrected chi connectivity index (χ1v) is 4.44. The van der Waals surface area contributed by atoms with E-state index in [4.69, 9.17) is 5.11 Å². The molecule has 0 spiro atoms. The molecule has 72 valence electrons. The molecule has 0 fully saturated rings. The molecule has 0 aromatic heterocycles. The zero-order valence-electron chi connectivity index (χ0n) is 8.25. The maximum Gasteiger partial charge on any atom is 0.0675 e. The minimum atomic E-state index is -0.509. The summed E-state index contributed by atoms with van der Waals surface area (Å²) in [6.07, 6.45) is 2.09. The third-order valence-corrected chi connectivity index (χ3v) is 2.73. The first-order chi connectivity index (χ1) is 5.51. The lowest BCUT2D eigenvalue weighted by atomic mass is 9.77. The van der Waals surface area contributed by atoms with Crippen LogP contribution in [0.5, 0.6) is 0 Å². The van der Waals surface area contributed by atoms with Gasteiger partial charge in [-0.25, -0.2) is 0 Å². The van der Waals surface area contributed by atoms with E-state index < -0.39 is 6.10 Å². The molecule has 0 saturated heterocycles. The second-order valence-corrected chi connectivity index (χ2v) is 3.67. The third-order valence-electron chi connectivity index (χ3n) is 2.73. The maximum absolute atomic E-state index is 9.81. The number of hydrogen-bond donors (Lipinski definition) is 2. The highest BCUT2D eigenvalue weighted by Crippen LogP contribution is 2.31. The summed E-state index contributed by atoms with van der Waals surface area (Å²) in [5, 5.41) is 18.7. The maximum atomic E-state index is 9.81. The van der Waals surface area contributed by atoms with Crippen LogP contribution in [0, 0.1) is 11.3 Å². The van der Waals surface area contributed by atoms with Crippen LogP contribution in [0.3, 0.4) is 0 Å². The van der Waals surface area contributed by atoms with Gasteiger partial charge in [-0.2, -0.15) is 0 Å². The van der Waals surface area contributed by atoms with Gasteiger partial charge in [-0.15, -0.1) is 6.58 Å². The summed E-state index contributed by atoms with van der Waals surface area (Å²) < 4.78 is 0. The molecule has 0 aromatic rings. The van der Waals surface area contributed by atoms with Crippen molar-refractivity contribution in [3.63, 3.8) is 0 Å². The van der Waals surface area contributed by atoms with Crippen LogP contribution in [0.2, 0.25) is 0 Å². The van der Waals surface area contributed by atoms with E-state index in [1.807, 2.05) is 20.8 Å². The van der Waals surface area contributed by atoms with E-state index in [0.717, 1.165) is 6.42 Å². The van der Waals surface area contributed by atoms with E-state index in [0.29, 0.717) is 0 Å². The minimum Gasteiger partial charge on any atom is -0.396 e. The van der Waals surface area contributed by atoms with Crippen LogP contribution in [0.4, 0.5) is 0 Å². The van der Waals surface area contributed by atoms with E-state index in [-0.39, 0.29) is 17.9 Å². The Morgan fingerprint density at radius 2 is 2.08 bits per heavy atom. The van der Waals surface area contributed by atoms with Crippen LogP contribution in [0.15, 0.2) is 12.7 Å². The predicted octanol–water partition coefficient (Wildman–Crippen LogP) is 1.58. The van der Waals surface area contributed by atoms with Gasteiger partial charge in [-0.3, -0.25) is 0 Å². The number of aliphatic hydroxyl groups excluding tert-OH is 2. The molecule has 0 aliphatic heterocycles. The molecule has 0 heterocycles. The average Bonchev–Trinajstić information content (AvgIpc) is 2.14. The van der Waals surface area contributed by atoms with Crippen molar-refractivity contribution in [2.24, 2.45) is 11.3 Å². The van der Waals surface area contributed by atoms with Crippen LogP contribution in [-0.4, -0.2) is 22.9 Å². The Morgan fingerprint density at radius 3 is 2.33 bits per heavy atom. The number of hydrogen-bond acceptors (Lipinski definition) is 2. The smallest absolute Gasteiger partial charge is 0.0675 e. The molecule has 2 N–H and O–H groups in total. The molecule has 0 amide bonds. The molecular weight excluding hydrogens is 152 g/mol. The van der Waals surface area contributed by atoms with Gasteiger partial charge in [0.15, 0.2) is 0 Å². The lowest BCUT2D eigenvalue weighted by Crippen LogP contribution is -2.36. The van der Waals surface area contributed by atoms with Gasteiger partial charge >= 0.3 is 0 Å². The highest BCUT2D eigenvalue weighted by atomic mass is 16.3. The fourth-order valence-corrected chi connectivity index (χ4v) is 1.22.